The molecule has 0 aliphatic heterocycles. The van der Waals surface area contributed by atoms with Crippen molar-refractivity contribution >= 4 is 62.3 Å². The van der Waals surface area contributed by atoms with Gasteiger partial charge >= 0.3 is 0 Å². The van der Waals surface area contributed by atoms with Gasteiger partial charge in [-0.15, -0.1) is 0 Å². The fourth-order valence-electron chi connectivity index (χ4n) is 4.46. The van der Waals surface area contributed by atoms with E-state index < -0.39 is 16.1 Å². The maximum absolute atomic E-state index is 13.9. The summed E-state index contributed by atoms with van der Waals surface area (Å²) in [6, 6.07) is 20.3. The van der Waals surface area contributed by atoms with Gasteiger partial charge in [-0.05, 0) is 61.2 Å². The fraction of sp³-hybridized carbons (Fsp3) is 0.355. The lowest BCUT2D eigenvalue weighted by Gasteiger charge is -2.33. The summed E-state index contributed by atoms with van der Waals surface area (Å²) in [5, 5.41) is 4.16. The normalized spacial score (nSPS) is 12.8. The van der Waals surface area contributed by atoms with Crippen LogP contribution < -0.4 is 9.62 Å². The molecule has 0 fully saturated rings. The molecule has 0 saturated heterocycles. The summed E-state index contributed by atoms with van der Waals surface area (Å²) in [4.78, 5) is 29.1. The van der Waals surface area contributed by atoms with Crippen molar-refractivity contribution in [1.82, 2.24) is 10.2 Å². The summed E-state index contributed by atoms with van der Waals surface area (Å²) in [6.45, 7) is 4.07. The first-order valence-electron chi connectivity index (χ1n) is 13.7. The molecule has 42 heavy (non-hydrogen) atoms. The van der Waals surface area contributed by atoms with Crippen molar-refractivity contribution in [3.63, 3.8) is 0 Å². The van der Waals surface area contributed by atoms with E-state index in [9.17, 15) is 18.0 Å². The highest BCUT2D eigenvalue weighted by atomic mass is 35.5. The van der Waals surface area contributed by atoms with E-state index in [1.807, 2.05) is 44.2 Å². The number of carbonyl (C=O) groups excluding carboxylic acids is 2. The van der Waals surface area contributed by atoms with E-state index in [-0.39, 0.29) is 43.8 Å². The van der Waals surface area contributed by atoms with Gasteiger partial charge in [-0.3, -0.25) is 13.9 Å². The number of amides is 2. The summed E-state index contributed by atoms with van der Waals surface area (Å²) in [5.41, 5.74) is 2.03. The van der Waals surface area contributed by atoms with Crippen molar-refractivity contribution in [3.8, 4) is 0 Å². The number of benzene rings is 3. The largest absolute Gasteiger partial charge is 0.352 e. The van der Waals surface area contributed by atoms with E-state index in [1.54, 1.807) is 47.4 Å². The molecule has 3 rings (SSSR count). The average Bonchev–Trinajstić information content (AvgIpc) is 2.94. The molecule has 0 aromatic heterocycles. The predicted molar refractivity (Wildman–Crippen MR) is 172 cm³/mol. The van der Waals surface area contributed by atoms with Crippen molar-refractivity contribution in [2.75, 3.05) is 17.1 Å². The maximum Gasteiger partial charge on any atom is 0.243 e. The molecule has 2 amide bonds. The van der Waals surface area contributed by atoms with E-state index in [4.69, 9.17) is 34.8 Å². The molecular formula is C31H36Cl3N3O4S. The summed E-state index contributed by atoms with van der Waals surface area (Å²) in [6.07, 6.45) is 2.38. The molecule has 2 atom stereocenters. The van der Waals surface area contributed by atoms with Crippen LogP contribution in [0.3, 0.4) is 0 Å². The number of nitrogens with one attached hydrogen (secondary N) is 1. The second-order valence-corrected chi connectivity index (χ2v) is 13.4. The first-order valence-corrected chi connectivity index (χ1v) is 16.7. The van der Waals surface area contributed by atoms with Crippen molar-refractivity contribution in [2.45, 2.75) is 58.2 Å². The molecule has 0 aliphatic rings. The molecule has 0 spiro atoms. The zero-order valence-electron chi connectivity index (χ0n) is 23.9. The van der Waals surface area contributed by atoms with Gasteiger partial charge in [0.05, 0.1) is 22.0 Å². The summed E-state index contributed by atoms with van der Waals surface area (Å²) >= 11 is 18.5. The van der Waals surface area contributed by atoms with Crippen LogP contribution in [0.25, 0.3) is 0 Å². The van der Waals surface area contributed by atoms with Crippen LogP contribution in [-0.2, 0) is 32.6 Å². The number of halogens is 3. The number of sulfonamides is 1. The van der Waals surface area contributed by atoms with E-state index in [2.05, 4.69) is 5.32 Å². The Balaban J connectivity index is 1.91. The molecule has 0 unspecified atom stereocenters. The van der Waals surface area contributed by atoms with Crippen LogP contribution >= 0.6 is 34.8 Å². The molecule has 0 bridgehead atoms. The Hall–Kier alpha value is -2.78. The van der Waals surface area contributed by atoms with Gasteiger partial charge < -0.3 is 10.2 Å². The third-order valence-electron chi connectivity index (χ3n) is 6.86. The van der Waals surface area contributed by atoms with Gasteiger partial charge in [-0.25, -0.2) is 8.42 Å². The Kier molecular flexibility index (Phi) is 12.5. The van der Waals surface area contributed by atoms with Crippen LogP contribution in [0.2, 0.25) is 15.1 Å². The van der Waals surface area contributed by atoms with E-state index in [0.717, 1.165) is 18.2 Å². The molecule has 0 radical (unpaired) electrons. The Morgan fingerprint density at radius 2 is 1.62 bits per heavy atom. The average molecular weight is 653 g/mol. The third-order valence-corrected chi connectivity index (χ3v) is 9.03. The second-order valence-electron chi connectivity index (χ2n) is 10.2. The molecule has 0 aliphatic carbocycles. The van der Waals surface area contributed by atoms with Crippen LogP contribution in [0.4, 0.5) is 5.69 Å². The lowest BCUT2D eigenvalue weighted by atomic mass is 10.0. The third kappa shape index (κ3) is 9.90. The monoisotopic (exact) mass is 651 g/mol. The quantitative estimate of drug-likeness (QED) is 0.209. The molecule has 1 N–H and O–H groups in total. The van der Waals surface area contributed by atoms with Crippen LogP contribution in [0, 0.1) is 0 Å². The minimum Gasteiger partial charge on any atom is -0.352 e. The Morgan fingerprint density at radius 1 is 0.905 bits per heavy atom. The molecule has 3 aromatic carbocycles. The maximum atomic E-state index is 13.9. The topological polar surface area (TPSA) is 86.8 Å². The molecule has 0 saturated carbocycles. The lowest BCUT2D eigenvalue weighted by Crippen LogP contribution is -2.52. The van der Waals surface area contributed by atoms with Crippen molar-refractivity contribution in [1.29, 1.82) is 0 Å². The smallest absolute Gasteiger partial charge is 0.243 e. The van der Waals surface area contributed by atoms with Crippen LogP contribution in [0.1, 0.15) is 44.2 Å². The van der Waals surface area contributed by atoms with Gasteiger partial charge in [-0.1, -0.05) is 84.2 Å². The summed E-state index contributed by atoms with van der Waals surface area (Å²) in [7, 11) is -3.64. The van der Waals surface area contributed by atoms with Crippen molar-refractivity contribution in [2.24, 2.45) is 0 Å². The number of rotatable bonds is 14. The van der Waals surface area contributed by atoms with E-state index in [0.29, 0.717) is 32.7 Å². The highest BCUT2D eigenvalue weighted by Crippen LogP contribution is 2.26. The highest BCUT2D eigenvalue weighted by Gasteiger charge is 2.31. The molecule has 3 aromatic rings. The predicted octanol–water partition coefficient (Wildman–Crippen LogP) is 6.75. The van der Waals surface area contributed by atoms with Crippen molar-refractivity contribution in [3.05, 3.63) is 99.0 Å². The van der Waals surface area contributed by atoms with Gasteiger partial charge in [0.25, 0.3) is 0 Å². The summed E-state index contributed by atoms with van der Waals surface area (Å²) in [5.74, 6) is -0.556. The van der Waals surface area contributed by atoms with Gasteiger partial charge in [0, 0.05) is 37.0 Å². The van der Waals surface area contributed by atoms with Crippen LogP contribution in [-0.4, -0.2) is 50.0 Å². The van der Waals surface area contributed by atoms with Gasteiger partial charge in [-0.2, -0.15) is 0 Å². The van der Waals surface area contributed by atoms with Gasteiger partial charge in [0.15, 0.2) is 0 Å². The molecule has 0 heterocycles. The minimum absolute atomic E-state index is 0.00973. The van der Waals surface area contributed by atoms with Crippen LogP contribution in [0.15, 0.2) is 72.8 Å². The zero-order valence-corrected chi connectivity index (χ0v) is 27.0. The second kappa shape index (κ2) is 15.6. The van der Waals surface area contributed by atoms with E-state index in [1.165, 1.54) is 4.31 Å². The number of hydrogen-bond donors (Lipinski definition) is 1. The van der Waals surface area contributed by atoms with Crippen molar-refractivity contribution < 1.29 is 18.0 Å². The zero-order chi connectivity index (χ0) is 30.9. The number of carbonyl (C=O) groups is 2. The molecular weight excluding hydrogens is 617 g/mol. The van der Waals surface area contributed by atoms with E-state index >= 15 is 0 Å². The minimum atomic E-state index is -3.64. The van der Waals surface area contributed by atoms with Gasteiger partial charge in [0.2, 0.25) is 21.8 Å². The fourth-order valence-corrected chi connectivity index (χ4v) is 5.93. The Morgan fingerprint density at radius 3 is 2.24 bits per heavy atom. The molecule has 11 heteroatoms. The molecule has 7 nitrogen and oxygen atoms in total. The molecule has 226 valence electrons. The number of nitrogens with zero attached hydrogens (tertiary/aromatic N) is 2. The number of hydrogen-bond acceptors (Lipinski definition) is 4. The Labute approximate surface area is 263 Å². The van der Waals surface area contributed by atoms with Crippen LogP contribution in [0.5, 0.6) is 0 Å². The highest BCUT2D eigenvalue weighted by molar-refractivity contribution is 7.92. The first kappa shape index (κ1) is 33.7. The standard InChI is InChI=1S/C31H36Cl3N3O4S/c1-4-22(2)35-31(39)29(19-23-10-6-5-7-11-23)36(21-24-15-16-27(33)28(34)18-24)30(38)14-9-17-37(42(3,40)41)26-13-8-12-25(32)20-26/h5-8,10-13,15-16,18,20,22,29H,4,9,14,17,19,21H2,1-3H3,(H,35,39)/t22-,29-/m0/s1. The number of anilines is 1. The lowest BCUT2D eigenvalue weighted by molar-refractivity contribution is -0.141. The first-order chi connectivity index (χ1) is 19.9. The summed E-state index contributed by atoms with van der Waals surface area (Å²) < 4.78 is 26.4. The Bertz CT molecular complexity index is 1470. The SMILES string of the molecule is CC[C@H](C)NC(=O)[C@H](Cc1ccccc1)N(Cc1ccc(Cl)c(Cl)c1)C(=O)CCCN(c1cccc(Cl)c1)S(C)(=O)=O. The van der Waals surface area contributed by atoms with Gasteiger partial charge in [0.1, 0.15) is 6.04 Å².